The molecule has 0 amide bonds. The summed E-state index contributed by atoms with van der Waals surface area (Å²) in [6.45, 7) is 2.19. The van der Waals surface area contributed by atoms with E-state index in [9.17, 15) is 0 Å². The Labute approximate surface area is 126 Å². The van der Waals surface area contributed by atoms with E-state index in [1.165, 1.54) is 16.7 Å². The van der Waals surface area contributed by atoms with Crippen molar-refractivity contribution >= 4 is 0 Å². The molecule has 0 saturated heterocycles. The van der Waals surface area contributed by atoms with Crippen LogP contribution in [0.4, 0.5) is 0 Å². The Balaban J connectivity index is 1.86. The normalized spacial score (nSPS) is 16.6. The second kappa shape index (κ2) is 6.21. The van der Waals surface area contributed by atoms with Crippen LogP contribution in [0.5, 0.6) is 11.5 Å². The van der Waals surface area contributed by atoms with Gasteiger partial charge in [0.1, 0.15) is 6.10 Å². The summed E-state index contributed by atoms with van der Waals surface area (Å²) in [7, 11) is 1.70. The van der Waals surface area contributed by atoms with Crippen LogP contribution >= 0.6 is 0 Å². The molecule has 0 aromatic heterocycles. The van der Waals surface area contributed by atoms with Crippen molar-refractivity contribution in [2.24, 2.45) is 0 Å². The molecule has 0 N–H and O–H groups in total. The zero-order chi connectivity index (χ0) is 14.7. The van der Waals surface area contributed by atoms with Gasteiger partial charge in [0.2, 0.25) is 0 Å². The van der Waals surface area contributed by atoms with Crippen molar-refractivity contribution in [1.82, 2.24) is 0 Å². The summed E-state index contributed by atoms with van der Waals surface area (Å²) in [5.41, 5.74) is 4.03. The van der Waals surface area contributed by atoms with Crippen molar-refractivity contribution < 1.29 is 9.47 Å². The van der Waals surface area contributed by atoms with Crippen molar-refractivity contribution in [1.29, 1.82) is 0 Å². The van der Waals surface area contributed by atoms with Gasteiger partial charge in [-0.05, 0) is 48.1 Å². The highest BCUT2D eigenvalue weighted by atomic mass is 16.5. The summed E-state index contributed by atoms with van der Waals surface area (Å²) in [6, 6.07) is 14.8. The summed E-state index contributed by atoms with van der Waals surface area (Å²) < 4.78 is 11.7. The lowest BCUT2D eigenvalue weighted by Gasteiger charge is -2.18. The van der Waals surface area contributed by atoms with Crippen molar-refractivity contribution in [2.45, 2.75) is 38.7 Å². The Hall–Kier alpha value is -1.96. The Morgan fingerprint density at radius 2 is 1.95 bits per heavy atom. The third-order valence-electron chi connectivity index (χ3n) is 4.11. The number of hydrogen-bond acceptors (Lipinski definition) is 2. The lowest BCUT2D eigenvalue weighted by Crippen LogP contribution is -2.05. The highest BCUT2D eigenvalue weighted by molar-refractivity contribution is 5.44. The number of rotatable bonds is 5. The van der Waals surface area contributed by atoms with Gasteiger partial charge < -0.3 is 9.47 Å². The van der Waals surface area contributed by atoms with E-state index in [2.05, 4.69) is 43.3 Å². The van der Waals surface area contributed by atoms with Gasteiger partial charge in [-0.2, -0.15) is 0 Å². The first-order valence-corrected chi connectivity index (χ1v) is 7.73. The van der Waals surface area contributed by atoms with Crippen molar-refractivity contribution in [3.8, 4) is 11.5 Å². The average Bonchev–Trinajstić information content (AvgIpc) is 2.91. The molecule has 110 valence electrons. The Morgan fingerprint density at radius 3 is 2.76 bits per heavy atom. The van der Waals surface area contributed by atoms with Crippen LogP contribution in [0.25, 0.3) is 0 Å². The third kappa shape index (κ3) is 2.90. The highest BCUT2D eigenvalue weighted by Gasteiger charge is 2.24. The van der Waals surface area contributed by atoms with E-state index in [-0.39, 0.29) is 6.10 Å². The molecule has 3 rings (SSSR count). The van der Waals surface area contributed by atoms with Crippen LogP contribution in [-0.2, 0) is 12.8 Å². The molecule has 2 heteroatoms. The highest BCUT2D eigenvalue weighted by Crippen LogP contribution is 2.38. The molecule has 1 aliphatic carbocycles. The van der Waals surface area contributed by atoms with E-state index in [1.54, 1.807) is 7.11 Å². The van der Waals surface area contributed by atoms with E-state index in [4.69, 9.17) is 9.47 Å². The molecule has 1 aliphatic rings. The van der Waals surface area contributed by atoms with Gasteiger partial charge in [0.05, 0.1) is 7.11 Å². The predicted octanol–water partition coefficient (Wildman–Crippen LogP) is 4.71. The number of fused-ring (bicyclic) bond motifs is 1. The SMILES string of the molecule is CCCc1ccc(OC)c(OC2CCc3ccccc32)c1. The molecule has 2 aromatic carbocycles. The van der Waals surface area contributed by atoms with Gasteiger partial charge in [-0.15, -0.1) is 0 Å². The molecule has 1 atom stereocenters. The number of benzene rings is 2. The number of aryl methyl sites for hydroxylation is 2. The van der Waals surface area contributed by atoms with E-state index < -0.39 is 0 Å². The molecule has 0 heterocycles. The van der Waals surface area contributed by atoms with Crippen LogP contribution in [-0.4, -0.2) is 7.11 Å². The second-order valence-electron chi connectivity index (χ2n) is 5.58. The zero-order valence-corrected chi connectivity index (χ0v) is 12.8. The monoisotopic (exact) mass is 282 g/mol. The molecule has 0 fully saturated rings. The van der Waals surface area contributed by atoms with Crippen molar-refractivity contribution in [3.05, 3.63) is 59.2 Å². The molecule has 0 aliphatic heterocycles. The molecular formula is C19H22O2. The molecule has 0 saturated carbocycles. The maximum absolute atomic E-state index is 6.29. The minimum absolute atomic E-state index is 0.145. The lowest BCUT2D eigenvalue weighted by atomic mass is 10.1. The second-order valence-corrected chi connectivity index (χ2v) is 5.58. The fraction of sp³-hybridized carbons (Fsp3) is 0.368. The van der Waals surface area contributed by atoms with Gasteiger partial charge in [0.15, 0.2) is 11.5 Å². The molecule has 0 spiro atoms. The van der Waals surface area contributed by atoms with Gasteiger partial charge in [0, 0.05) is 0 Å². The number of methoxy groups -OCH3 is 1. The van der Waals surface area contributed by atoms with Gasteiger partial charge >= 0.3 is 0 Å². The molecule has 1 unspecified atom stereocenters. The van der Waals surface area contributed by atoms with E-state index in [1.807, 2.05) is 6.07 Å². The first-order chi connectivity index (χ1) is 10.3. The topological polar surface area (TPSA) is 18.5 Å². The van der Waals surface area contributed by atoms with Crippen LogP contribution in [0.1, 0.15) is 42.6 Å². The van der Waals surface area contributed by atoms with Gasteiger partial charge in [-0.3, -0.25) is 0 Å². The largest absolute Gasteiger partial charge is 0.493 e. The molecular weight excluding hydrogens is 260 g/mol. The minimum Gasteiger partial charge on any atom is -0.493 e. The molecule has 2 aromatic rings. The van der Waals surface area contributed by atoms with Crippen molar-refractivity contribution in [3.63, 3.8) is 0 Å². The minimum atomic E-state index is 0.145. The smallest absolute Gasteiger partial charge is 0.162 e. The number of ether oxygens (including phenoxy) is 2. The maximum atomic E-state index is 6.29. The molecule has 2 nitrogen and oxygen atoms in total. The average molecular weight is 282 g/mol. The summed E-state index contributed by atoms with van der Waals surface area (Å²) in [5, 5.41) is 0. The van der Waals surface area contributed by atoms with E-state index in [0.29, 0.717) is 0 Å². The standard InChI is InChI=1S/C19H22O2/c1-3-6-14-9-11-18(20-2)19(13-14)21-17-12-10-15-7-4-5-8-16(15)17/h4-5,7-9,11,13,17H,3,6,10,12H2,1-2H3. The Kier molecular flexibility index (Phi) is 4.14. The maximum Gasteiger partial charge on any atom is 0.162 e. The predicted molar refractivity (Wildman–Crippen MR) is 85.1 cm³/mol. The Bertz CT molecular complexity index is 619. The van der Waals surface area contributed by atoms with Gasteiger partial charge in [-0.1, -0.05) is 43.7 Å². The molecule has 21 heavy (non-hydrogen) atoms. The molecule has 0 bridgehead atoms. The summed E-state index contributed by atoms with van der Waals surface area (Å²) in [5.74, 6) is 1.68. The quantitative estimate of drug-likeness (QED) is 0.790. The fourth-order valence-corrected chi connectivity index (χ4v) is 3.05. The van der Waals surface area contributed by atoms with Crippen LogP contribution in [0.3, 0.4) is 0 Å². The van der Waals surface area contributed by atoms with Gasteiger partial charge in [0.25, 0.3) is 0 Å². The summed E-state index contributed by atoms with van der Waals surface area (Å²) >= 11 is 0. The summed E-state index contributed by atoms with van der Waals surface area (Å²) in [4.78, 5) is 0. The van der Waals surface area contributed by atoms with Crippen LogP contribution in [0, 0.1) is 0 Å². The van der Waals surface area contributed by atoms with Crippen molar-refractivity contribution in [2.75, 3.05) is 7.11 Å². The Morgan fingerprint density at radius 1 is 1.10 bits per heavy atom. The fourth-order valence-electron chi connectivity index (χ4n) is 3.05. The van der Waals surface area contributed by atoms with Crippen LogP contribution in [0.15, 0.2) is 42.5 Å². The van der Waals surface area contributed by atoms with Crippen LogP contribution < -0.4 is 9.47 Å². The van der Waals surface area contributed by atoms with E-state index in [0.717, 1.165) is 37.2 Å². The van der Waals surface area contributed by atoms with Crippen LogP contribution in [0.2, 0.25) is 0 Å². The third-order valence-corrected chi connectivity index (χ3v) is 4.11. The zero-order valence-electron chi connectivity index (χ0n) is 12.8. The lowest BCUT2D eigenvalue weighted by molar-refractivity contribution is 0.198. The van der Waals surface area contributed by atoms with E-state index >= 15 is 0 Å². The number of hydrogen-bond donors (Lipinski definition) is 0. The van der Waals surface area contributed by atoms with Gasteiger partial charge in [-0.25, -0.2) is 0 Å². The molecule has 0 radical (unpaired) electrons. The first-order valence-electron chi connectivity index (χ1n) is 7.73. The summed E-state index contributed by atoms with van der Waals surface area (Å²) in [6.07, 6.45) is 4.49. The first kappa shape index (κ1) is 14.0.